The largest absolute Gasteiger partial charge is 0.372 e. The van der Waals surface area contributed by atoms with Gasteiger partial charge in [-0.2, -0.15) is 0 Å². The third kappa shape index (κ3) is 6.79. The van der Waals surface area contributed by atoms with Crippen LogP contribution in [0.5, 0.6) is 0 Å². The third-order valence-electron chi connectivity index (χ3n) is 5.14. The smallest absolute Gasteiger partial charge is 0.224 e. The summed E-state index contributed by atoms with van der Waals surface area (Å²) in [5.41, 5.74) is 3.74. The Morgan fingerprint density at radius 3 is 1.17 bits per heavy atom. The van der Waals surface area contributed by atoms with Crippen LogP contribution in [-0.2, 0) is 9.59 Å². The second-order valence-corrected chi connectivity index (χ2v) is 7.03. The first-order valence-corrected chi connectivity index (χ1v) is 10.8. The molecular weight excluding hydrogens is 376 g/mol. The van der Waals surface area contributed by atoms with Crippen LogP contribution in [0.15, 0.2) is 48.5 Å². The quantitative estimate of drug-likeness (QED) is 0.562. The fourth-order valence-electron chi connectivity index (χ4n) is 3.36. The molecule has 0 aliphatic rings. The van der Waals surface area contributed by atoms with Gasteiger partial charge in [0.2, 0.25) is 11.8 Å². The zero-order valence-electron chi connectivity index (χ0n) is 18.6. The van der Waals surface area contributed by atoms with E-state index >= 15 is 0 Å². The van der Waals surface area contributed by atoms with Crippen molar-refractivity contribution in [3.8, 4) is 0 Å². The first-order valence-electron chi connectivity index (χ1n) is 10.8. The van der Waals surface area contributed by atoms with Gasteiger partial charge >= 0.3 is 0 Å². The fourth-order valence-corrected chi connectivity index (χ4v) is 3.36. The molecule has 0 spiro atoms. The van der Waals surface area contributed by atoms with E-state index in [1.54, 1.807) is 0 Å². The number of hydrogen-bond acceptors (Lipinski definition) is 4. The van der Waals surface area contributed by atoms with E-state index in [1.807, 2.05) is 48.5 Å². The second-order valence-electron chi connectivity index (χ2n) is 7.03. The van der Waals surface area contributed by atoms with Gasteiger partial charge in [0.05, 0.1) is 0 Å². The first kappa shape index (κ1) is 23.3. The molecule has 0 fully saturated rings. The minimum Gasteiger partial charge on any atom is -0.372 e. The van der Waals surface area contributed by atoms with E-state index in [9.17, 15) is 9.59 Å². The van der Waals surface area contributed by atoms with E-state index in [-0.39, 0.29) is 24.7 Å². The van der Waals surface area contributed by atoms with E-state index in [0.717, 1.165) is 48.9 Å². The lowest BCUT2D eigenvalue weighted by Crippen LogP contribution is -2.22. The maximum absolute atomic E-state index is 12.2. The second kappa shape index (κ2) is 11.9. The Bertz CT molecular complexity index is 725. The number of amides is 2. The summed E-state index contributed by atoms with van der Waals surface area (Å²) < 4.78 is 0. The van der Waals surface area contributed by atoms with Crippen LogP contribution in [-0.4, -0.2) is 38.0 Å². The Balaban J connectivity index is 1.79. The maximum Gasteiger partial charge on any atom is 0.224 e. The van der Waals surface area contributed by atoms with Gasteiger partial charge in [-0.05, 0) is 76.2 Å². The average Bonchev–Trinajstić information content (AvgIpc) is 2.76. The monoisotopic (exact) mass is 410 g/mol. The number of anilines is 4. The predicted octanol–water partition coefficient (Wildman–Crippen LogP) is 4.74. The molecule has 30 heavy (non-hydrogen) atoms. The lowest BCUT2D eigenvalue weighted by atomic mass is 10.2. The Kier molecular flexibility index (Phi) is 9.19. The Hall–Kier alpha value is -3.02. The highest BCUT2D eigenvalue weighted by molar-refractivity contribution is 5.96. The van der Waals surface area contributed by atoms with Crippen LogP contribution in [0.25, 0.3) is 0 Å². The SMILES string of the molecule is CCN(CC)c1ccc(NC(=O)CCC(=O)Nc2ccc(N(CC)CC)cc2)cc1. The van der Waals surface area contributed by atoms with Crippen molar-refractivity contribution >= 4 is 34.6 Å². The van der Waals surface area contributed by atoms with Crippen molar-refractivity contribution in [3.63, 3.8) is 0 Å². The molecule has 0 bridgehead atoms. The molecule has 0 aliphatic heterocycles. The molecule has 0 saturated carbocycles. The van der Waals surface area contributed by atoms with Crippen molar-refractivity contribution < 1.29 is 9.59 Å². The van der Waals surface area contributed by atoms with Crippen LogP contribution >= 0.6 is 0 Å². The number of nitrogens with one attached hydrogen (secondary N) is 2. The molecule has 2 aromatic carbocycles. The predicted molar refractivity (Wildman–Crippen MR) is 126 cm³/mol. The normalized spacial score (nSPS) is 10.4. The fraction of sp³-hybridized carbons (Fsp3) is 0.417. The lowest BCUT2D eigenvalue weighted by Gasteiger charge is -2.21. The zero-order chi connectivity index (χ0) is 21.9. The van der Waals surface area contributed by atoms with Gasteiger partial charge in [0.25, 0.3) is 0 Å². The van der Waals surface area contributed by atoms with Crippen molar-refractivity contribution in [3.05, 3.63) is 48.5 Å². The summed E-state index contributed by atoms with van der Waals surface area (Å²) in [7, 11) is 0. The van der Waals surface area contributed by atoms with Crippen molar-refractivity contribution in [2.24, 2.45) is 0 Å². The summed E-state index contributed by atoms with van der Waals surface area (Å²) in [6, 6.07) is 15.6. The lowest BCUT2D eigenvalue weighted by molar-refractivity contribution is -0.121. The van der Waals surface area contributed by atoms with Crippen molar-refractivity contribution in [1.82, 2.24) is 0 Å². The molecule has 2 rings (SSSR count). The van der Waals surface area contributed by atoms with Crippen LogP contribution in [0.1, 0.15) is 40.5 Å². The van der Waals surface area contributed by atoms with Crippen LogP contribution in [0, 0.1) is 0 Å². The van der Waals surface area contributed by atoms with Gasteiger partial charge in [0.15, 0.2) is 0 Å². The standard InChI is InChI=1S/C24H34N4O2/c1-5-27(6-2)21-13-9-19(10-14-21)25-23(29)17-18-24(30)26-20-11-15-22(16-12-20)28(7-3)8-4/h9-16H,5-8,17-18H2,1-4H3,(H,25,29)(H,26,30). The van der Waals surface area contributed by atoms with Gasteiger partial charge < -0.3 is 20.4 Å². The number of benzene rings is 2. The van der Waals surface area contributed by atoms with Crippen LogP contribution < -0.4 is 20.4 Å². The highest BCUT2D eigenvalue weighted by atomic mass is 16.2. The number of hydrogen-bond donors (Lipinski definition) is 2. The highest BCUT2D eigenvalue weighted by Gasteiger charge is 2.09. The molecule has 0 saturated heterocycles. The van der Waals surface area contributed by atoms with Crippen LogP contribution in [0.3, 0.4) is 0 Å². The molecule has 0 radical (unpaired) electrons. The van der Waals surface area contributed by atoms with Crippen molar-refractivity contribution in [2.75, 3.05) is 46.6 Å². The molecule has 2 amide bonds. The molecular formula is C24H34N4O2. The molecule has 0 aliphatic carbocycles. The Labute approximate surface area is 180 Å². The minimum absolute atomic E-state index is 0.140. The van der Waals surface area contributed by atoms with Gasteiger partial charge in [-0.3, -0.25) is 9.59 Å². The molecule has 0 heterocycles. The average molecular weight is 411 g/mol. The molecule has 0 unspecified atom stereocenters. The molecule has 2 N–H and O–H groups in total. The molecule has 0 atom stereocenters. The van der Waals surface area contributed by atoms with Gasteiger partial charge in [-0.1, -0.05) is 0 Å². The summed E-state index contributed by atoms with van der Waals surface area (Å²) in [5, 5.41) is 5.71. The van der Waals surface area contributed by atoms with E-state index in [2.05, 4.69) is 48.1 Å². The summed E-state index contributed by atoms with van der Waals surface area (Å²) in [4.78, 5) is 28.8. The summed E-state index contributed by atoms with van der Waals surface area (Å²) in [5.74, 6) is -0.338. The van der Waals surface area contributed by atoms with Crippen LogP contribution in [0.4, 0.5) is 22.7 Å². The Morgan fingerprint density at radius 2 is 0.900 bits per heavy atom. The van der Waals surface area contributed by atoms with Gasteiger partial charge in [-0.25, -0.2) is 0 Å². The van der Waals surface area contributed by atoms with Crippen molar-refractivity contribution in [2.45, 2.75) is 40.5 Å². The number of nitrogens with zero attached hydrogens (tertiary/aromatic N) is 2. The van der Waals surface area contributed by atoms with E-state index in [1.165, 1.54) is 0 Å². The maximum atomic E-state index is 12.2. The zero-order valence-corrected chi connectivity index (χ0v) is 18.6. The Morgan fingerprint density at radius 1 is 0.600 bits per heavy atom. The van der Waals surface area contributed by atoms with E-state index in [4.69, 9.17) is 0 Å². The molecule has 2 aromatic rings. The summed E-state index contributed by atoms with van der Waals surface area (Å²) in [6.07, 6.45) is 0.280. The molecule has 6 heteroatoms. The van der Waals surface area contributed by atoms with Gasteiger partial charge in [0, 0.05) is 61.8 Å². The van der Waals surface area contributed by atoms with E-state index in [0.29, 0.717) is 0 Å². The van der Waals surface area contributed by atoms with E-state index < -0.39 is 0 Å². The first-order chi connectivity index (χ1) is 14.5. The van der Waals surface area contributed by atoms with Crippen LogP contribution in [0.2, 0.25) is 0 Å². The van der Waals surface area contributed by atoms with Gasteiger partial charge in [0.1, 0.15) is 0 Å². The molecule has 0 aromatic heterocycles. The topological polar surface area (TPSA) is 64.7 Å². The molecule has 162 valence electrons. The minimum atomic E-state index is -0.169. The molecule has 6 nitrogen and oxygen atoms in total. The number of carbonyl (C=O) groups excluding carboxylic acids is 2. The summed E-state index contributed by atoms with van der Waals surface area (Å²) in [6.45, 7) is 12.2. The number of carbonyl (C=O) groups is 2. The van der Waals surface area contributed by atoms with Gasteiger partial charge in [-0.15, -0.1) is 0 Å². The number of rotatable bonds is 11. The highest BCUT2D eigenvalue weighted by Crippen LogP contribution is 2.19. The van der Waals surface area contributed by atoms with Crippen molar-refractivity contribution in [1.29, 1.82) is 0 Å². The summed E-state index contributed by atoms with van der Waals surface area (Å²) >= 11 is 0. The third-order valence-corrected chi connectivity index (χ3v) is 5.14.